The number of amides is 1. The van der Waals surface area contributed by atoms with Crippen LogP contribution in [0.3, 0.4) is 0 Å². The third-order valence-corrected chi connectivity index (χ3v) is 5.82. The summed E-state index contributed by atoms with van der Waals surface area (Å²) in [6, 6.07) is 7.01. The zero-order valence-electron chi connectivity index (χ0n) is 19.8. The first-order valence-electron chi connectivity index (χ1n) is 11.5. The first-order chi connectivity index (χ1) is 16.7. The number of unbranched alkanes of at least 4 members (excludes halogenated alkanes) is 2. The highest BCUT2D eigenvalue weighted by Gasteiger charge is 2.35. The number of piperazine rings is 1. The van der Waals surface area contributed by atoms with Crippen molar-refractivity contribution in [3.8, 4) is 5.75 Å². The Labute approximate surface area is 208 Å². The number of likely N-dealkylation sites (N-methyl/N-ethyl adjacent to an activating group) is 1. The molecule has 1 aliphatic heterocycles. The van der Waals surface area contributed by atoms with Gasteiger partial charge in [-0.05, 0) is 56.0 Å². The molecule has 35 heavy (non-hydrogen) atoms. The lowest BCUT2D eigenvalue weighted by molar-refractivity contribution is -0.138. The number of nitrogens with one attached hydrogen (secondary N) is 2. The molecular weight excluding hydrogens is 479 g/mol. The Morgan fingerprint density at radius 3 is 2.51 bits per heavy atom. The summed E-state index contributed by atoms with van der Waals surface area (Å²) in [5, 5.41) is 4.99. The number of carbonyl (C=O) groups excluding carboxylic acids is 1. The van der Waals surface area contributed by atoms with Gasteiger partial charge in [0.15, 0.2) is 5.11 Å². The summed E-state index contributed by atoms with van der Waals surface area (Å²) >= 11 is 5.13. The van der Waals surface area contributed by atoms with Gasteiger partial charge in [-0.25, -0.2) is 4.98 Å². The minimum absolute atomic E-state index is 0.0899. The Balaban J connectivity index is 1.59. The normalized spacial score (nSPS) is 14.5. The molecule has 2 N–H and O–H groups in total. The van der Waals surface area contributed by atoms with Gasteiger partial charge >= 0.3 is 6.18 Å². The molecule has 0 bridgehead atoms. The van der Waals surface area contributed by atoms with E-state index in [1.54, 1.807) is 12.1 Å². The Morgan fingerprint density at radius 2 is 1.89 bits per heavy atom. The third-order valence-electron chi connectivity index (χ3n) is 5.61. The molecule has 0 radical (unpaired) electrons. The van der Waals surface area contributed by atoms with Crippen LogP contribution in [0, 0.1) is 0 Å². The highest BCUT2D eigenvalue weighted by molar-refractivity contribution is 7.80. The number of rotatable bonds is 8. The molecule has 2 heterocycles. The number of hydrogen-bond donors (Lipinski definition) is 2. The van der Waals surface area contributed by atoms with E-state index in [2.05, 4.69) is 32.5 Å². The topological polar surface area (TPSA) is 69.7 Å². The molecule has 1 aromatic carbocycles. The molecule has 1 amide bonds. The molecule has 1 aliphatic rings. The monoisotopic (exact) mass is 509 g/mol. The van der Waals surface area contributed by atoms with Crippen LogP contribution in [0.25, 0.3) is 0 Å². The molecular formula is C24H30F3N5O2S. The lowest BCUT2D eigenvalue weighted by Gasteiger charge is -2.33. The number of ether oxygens (including phenoxy) is 1. The predicted molar refractivity (Wildman–Crippen MR) is 134 cm³/mol. The number of halogens is 3. The van der Waals surface area contributed by atoms with Crippen molar-refractivity contribution in [1.82, 2.24) is 15.2 Å². The van der Waals surface area contributed by atoms with Crippen LogP contribution in [-0.2, 0) is 6.18 Å². The second-order valence-corrected chi connectivity index (χ2v) is 8.78. The molecule has 1 fully saturated rings. The van der Waals surface area contributed by atoms with Gasteiger partial charge in [0.2, 0.25) is 0 Å². The van der Waals surface area contributed by atoms with Gasteiger partial charge in [0.25, 0.3) is 5.91 Å². The van der Waals surface area contributed by atoms with Crippen molar-refractivity contribution in [3.05, 3.63) is 47.7 Å². The van der Waals surface area contributed by atoms with Gasteiger partial charge in [0.05, 0.1) is 17.7 Å². The van der Waals surface area contributed by atoms with Gasteiger partial charge in [-0.2, -0.15) is 13.2 Å². The Morgan fingerprint density at radius 1 is 1.14 bits per heavy atom. The van der Waals surface area contributed by atoms with Crippen LogP contribution in [-0.4, -0.2) is 60.7 Å². The second kappa shape index (κ2) is 12.2. The largest absolute Gasteiger partial charge is 0.493 e. The maximum Gasteiger partial charge on any atom is 0.420 e. The maximum atomic E-state index is 13.5. The van der Waals surface area contributed by atoms with E-state index in [9.17, 15) is 18.0 Å². The summed E-state index contributed by atoms with van der Waals surface area (Å²) in [4.78, 5) is 21.3. The van der Waals surface area contributed by atoms with Gasteiger partial charge in [0, 0.05) is 38.1 Å². The van der Waals surface area contributed by atoms with Crippen LogP contribution in [0.2, 0.25) is 0 Å². The van der Waals surface area contributed by atoms with Crippen LogP contribution in [0.1, 0.15) is 42.1 Å². The van der Waals surface area contributed by atoms with Crippen molar-refractivity contribution in [3.63, 3.8) is 0 Å². The fraction of sp³-hybridized carbons (Fsp3) is 0.458. The number of nitrogens with zero attached hydrogens (tertiary/aromatic N) is 3. The number of thiocarbonyl (C=S) groups is 1. The molecule has 0 saturated carbocycles. The summed E-state index contributed by atoms with van der Waals surface area (Å²) in [6.07, 6.45) is -0.645. The molecule has 0 unspecified atom stereocenters. The van der Waals surface area contributed by atoms with E-state index in [1.165, 1.54) is 18.3 Å². The molecule has 7 nitrogen and oxygen atoms in total. The standard InChI is InChI=1S/C24H30F3N5O2S/c1-3-4-5-14-34-20-8-7-18(15-19(20)24(25,26)27)29-23(35)30-22(33)17-6-9-21(28-16-17)32-12-10-31(2)11-13-32/h6-9,15-16H,3-5,10-14H2,1-2H3,(H2,29,30,33,35). The van der Waals surface area contributed by atoms with Crippen molar-refractivity contribution in [2.45, 2.75) is 32.4 Å². The van der Waals surface area contributed by atoms with Crippen molar-refractivity contribution in [2.24, 2.45) is 0 Å². The fourth-order valence-electron chi connectivity index (χ4n) is 3.57. The molecule has 11 heteroatoms. The van der Waals surface area contributed by atoms with E-state index in [-0.39, 0.29) is 23.2 Å². The summed E-state index contributed by atoms with van der Waals surface area (Å²) in [6.45, 7) is 5.79. The van der Waals surface area contributed by atoms with Gasteiger partial charge < -0.3 is 19.9 Å². The van der Waals surface area contributed by atoms with E-state index in [4.69, 9.17) is 17.0 Å². The van der Waals surface area contributed by atoms with Gasteiger partial charge in [0.1, 0.15) is 11.6 Å². The Hall–Kier alpha value is -2.92. The van der Waals surface area contributed by atoms with E-state index < -0.39 is 17.6 Å². The summed E-state index contributed by atoms with van der Waals surface area (Å²) < 4.78 is 46.0. The van der Waals surface area contributed by atoms with Gasteiger partial charge in [-0.3, -0.25) is 10.1 Å². The van der Waals surface area contributed by atoms with Crippen molar-refractivity contribution < 1.29 is 22.7 Å². The van der Waals surface area contributed by atoms with Gasteiger partial charge in [-0.1, -0.05) is 19.8 Å². The van der Waals surface area contributed by atoms with Crippen LogP contribution in [0.4, 0.5) is 24.7 Å². The lowest BCUT2D eigenvalue weighted by Crippen LogP contribution is -2.44. The van der Waals surface area contributed by atoms with Crippen LogP contribution in [0.5, 0.6) is 5.75 Å². The average Bonchev–Trinajstić information content (AvgIpc) is 2.82. The number of hydrogen-bond acceptors (Lipinski definition) is 6. The number of aromatic nitrogens is 1. The van der Waals surface area contributed by atoms with Crippen LogP contribution in [0.15, 0.2) is 36.5 Å². The van der Waals surface area contributed by atoms with Gasteiger partial charge in [-0.15, -0.1) is 0 Å². The number of benzene rings is 1. The zero-order valence-corrected chi connectivity index (χ0v) is 20.6. The molecule has 1 aromatic heterocycles. The van der Waals surface area contributed by atoms with Crippen molar-refractivity contribution in [1.29, 1.82) is 0 Å². The molecule has 190 valence electrons. The van der Waals surface area contributed by atoms with E-state index in [0.29, 0.717) is 12.0 Å². The predicted octanol–water partition coefficient (Wildman–Crippen LogP) is 4.55. The highest BCUT2D eigenvalue weighted by Crippen LogP contribution is 2.38. The molecule has 2 aromatic rings. The quantitative estimate of drug-likeness (QED) is 0.400. The first-order valence-corrected chi connectivity index (χ1v) is 11.9. The number of carbonyl (C=O) groups is 1. The number of pyridine rings is 1. The van der Waals surface area contributed by atoms with Crippen molar-refractivity contribution >= 4 is 34.7 Å². The first kappa shape index (κ1) is 26.7. The maximum absolute atomic E-state index is 13.5. The zero-order chi connectivity index (χ0) is 25.4. The second-order valence-electron chi connectivity index (χ2n) is 8.37. The highest BCUT2D eigenvalue weighted by atomic mass is 32.1. The summed E-state index contributed by atoms with van der Waals surface area (Å²) in [7, 11) is 2.07. The SMILES string of the molecule is CCCCCOc1ccc(NC(=S)NC(=O)c2ccc(N3CCN(C)CC3)nc2)cc1C(F)(F)F. The minimum atomic E-state index is -4.60. The molecule has 0 aliphatic carbocycles. The summed E-state index contributed by atoms with van der Waals surface area (Å²) in [5.41, 5.74) is -0.525. The van der Waals surface area contributed by atoms with Crippen LogP contribution >= 0.6 is 12.2 Å². The molecule has 1 saturated heterocycles. The molecule has 0 atom stereocenters. The summed E-state index contributed by atoms with van der Waals surface area (Å²) in [5.74, 6) is 0.0412. The smallest absolute Gasteiger partial charge is 0.420 e. The van der Waals surface area contributed by atoms with E-state index in [1.807, 2.05) is 6.92 Å². The van der Waals surface area contributed by atoms with Crippen LogP contribution < -0.4 is 20.3 Å². The molecule has 0 spiro atoms. The van der Waals surface area contributed by atoms with E-state index in [0.717, 1.165) is 50.9 Å². The lowest BCUT2D eigenvalue weighted by atomic mass is 10.1. The minimum Gasteiger partial charge on any atom is -0.493 e. The Bertz CT molecular complexity index is 1010. The average molecular weight is 510 g/mol. The third kappa shape index (κ3) is 7.79. The number of anilines is 2. The van der Waals surface area contributed by atoms with E-state index >= 15 is 0 Å². The molecule has 3 rings (SSSR count). The number of alkyl halides is 3. The Kier molecular flexibility index (Phi) is 9.27. The van der Waals surface area contributed by atoms with Crippen molar-refractivity contribution in [2.75, 3.05) is 50.1 Å². The fourth-order valence-corrected chi connectivity index (χ4v) is 3.78.